The number of hydrogen-bond donors (Lipinski definition) is 1. The molecule has 0 spiro atoms. The highest BCUT2D eigenvalue weighted by molar-refractivity contribution is 6.28. The molecule has 0 aliphatic rings. The minimum absolute atomic E-state index is 0.0992. The van der Waals surface area contributed by atoms with Crippen molar-refractivity contribution < 1.29 is 4.74 Å². The van der Waals surface area contributed by atoms with Crippen LogP contribution < -0.4 is 10.1 Å². The van der Waals surface area contributed by atoms with Crippen molar-refractivity contribution in [1.82, 2.24) is 19.9 Å². The smallest absolute Gasteiger partial charge is 0.322 e. The summed E-state index contributed by atoms with van der Waals surface area (Å²) in [5.74, 6) is 0.377. The normalized spacial score (nSPS) is 10.1. The fourth-order valence-corrected chi connectivity index (χ4v) is 1.44. The van der Waals surface area contributed by atoms with E-state index in [1.54, 1.807) is 12.4 Å². The van der Waals surface area contributed by atoms with Crippen LogP contribution in [0, 0.1) is 0 Å². The van der Waals surface area contributed by atoms with Crippen molar-refractivity contribution in [3.05, 3.63) is 35.4 Å². The second-order valence-corrected chi connectivity index (χ2v) is 3.70. The molecule has 0 radical (unpaired) electrons. The van der Waals surface area contributed by atoms with Gasteiger partial charge in [0.05, 0.1) is 6.61 Å². The first kappa shape index (κ1) is 12.5. The molecule has 0 amide bonds. The summed E-state index contributed by atoms with van der Waals surface area (Å²) < 4.78 is 5.18. The fourth-order valence-electron chi connectivity index (χ4n) is 1.29. The van der Waals surface area contributed by atoms with Crippen molar-refractivity contribution in [1.29, 1.82) is 0 Å². The number of pyridine rings is 1. The maximum absolute atomic E-state index is 5.77. The zero-order valence-electron chi connectivity index (χ0n) is 9.80. The van der Waals surface area contributed by atoms with Crippen molar-refractivity contribution in [2.24, 2.45) is 0 Å². The van der Waals surface area contributed by atoms with Gasteiger partial charge in [-0.25, -0.2) is 0 Å². The predicted octanol–water partition coefficient (Wildman–Crippen LogP) is 1.93. The lowest BCUT2D eigenvalue weighted by Gasteiger charge is -2.06. The Balaban J connectivity index is 2.05. The molecule has 2 aromatic heterocycles. The lowest BCUT2D eigenvalue weighted by atomic mass is 10.3. The van der Waals surface area contributed by atoms with Crippen LogP contribution in [0.15, 0.2) is 24.5 Å². The molecule has 0 saturated heterocycles. The van der Waals surface area contributed by atoms with Crippen LogP contribution in [-0.4, -0.2) is 26.5 Å². The van der Waals surface area contributed by atoms with Crippen molar-refractivity contribution in [2.45, 2.75) is 13.5 Å². The summed E-state index contributed by atoms with van der Waals surface area (Å²) in [5.41, 5.74) is 1.02. The predicted molar refractivity (Wildman–Crippen MR) is 67.6 cm³/mol. The molecule has 0 unspecified atom stereocenters. The largest absolute Gasteiger partial charge is 0.464 e. The Morgan fingerprint density at radius 2 is 2.22 bits per heavy atom. The molecule has 1 N–H and O–H groups in total. The number of nitrogens with zero attached hydrogens (tertiary/aromatic N) is 4. The lowest BCUT2D eigenvalue weighted by molar-refractivity contribution is 0.312. The van der Waals surface area contributed by atoms with Crippen LogP contribution in [0.25, 0.3) is 0 Å². The number of nitrogens with one attached hydrogen (secondary N) is 1. The Hall–Kier alpha value is -1.95. The third-order valence-electron chi connectivity index (χ3n) is 2.03. The summed E-state index contributed by atoms with van der Waals surface area (Å²) in [6.45, 7) is 2.88. The molecule has 2 aromatic rings. The van der Waals surface area contributed by atoms with E-state index in [1.807, 2.05) is 19.1 Å². The van der Waals surface area contributed by atoms with E-state index in [2.05, 4.69) is 25.3 Å². The topological polar surface area (TPSA) is 72.8 Å². The van der Waals surface area contributed by atoms with E-state index in [0.29, 0.717) is 19.1 Å². The van der Waals surface area contributed by atoms with E-state index in [4.69, 9.17) is 16.3 Å². The molecule has 94 valence electrons. The van der Waals surface area contributed by atoms with Gasteiger partial charge in [0.2, 0.25) is 11.2 Å². The molecule has 6 nitrogen and oxygen atoms in total. The Morgan fingerprint density at radius 1 is 1.33 bits per heavy atom. The van der Waals surface area contributed by atoms with Crippen LogP contribution in [-0.2, 0) is 6.54 Å². The van der Waals surface area contributed by atoms with Crippen LogP contribution in [0.5, 0.6) is 6.01 Å². The highest BCUT2D eigenvalue weighted by Gasteiger charge is 2.05. The van der Waals surface area contributed by atoms with Gasteiger partial charge in [-0.05, 0) is 30.2 Å². The number of aromatic nitrogens is 4. The van der Waals surface area contributed by atoms with Crippen LogP contribution in [0.1, 0.15) is 12.5 Å². The summed E-state index contributed by atoms with van der Waals surface area (Å²) in [7, 11) is 0. The van der Waals surface area contributed by atoms with Gasteiger partial charge < -0.3 is 10.1 Å². The average molecular weight is 266 g/mol. The van der Waals surface area contributed by atoms with Gasteiger partial charge in [-0.3, -0.25) is 4.98 Å². The second kappa shape index (κ2) is 6.11. The summed E-state index contributed by atoms with van der Waals surface area (Å²) in [5, 5.41) is 3.13. The first-order valence-electron chi connectivity index (χ1n) is 5.45. The average Bonchev–Trinajstić information content (AvgIpc) is 2.37. The molecular formula is C11H12ClN5O. The third-order valence-corrected chi connectivity index (χ3v) is 2.20. The Bertz CT molecular complexity index is 508. The van der Waals surface area contributed by atoms with Crippen LogP contribution >= 0.6 is 11.6 Å². The molecule has 0 bridgehead atoms. The van der Waals surface area contributed by atoms with E-state index >= 15 is 0 Å². The molecule has 0 atom stereocenters. The van der Waals surface area contributed by atoms with Gasteiger partial charge in [0.15, 0.2) is 0 Å². The quantitative estimate of drug-likeness (QED) is 0.891. The van der Waals surface area contributed by atoms with E-state index in [9.17, 15) is 0 Å². The van der Waals surface area contributed by atoms with Gasteiger partial charge in [0, 0.05) is 18.9 Å². The van der Waals surface area contributed by atoms with Gasteiger partial charge in [-0.15, -0.1) is 0 Å². The first-order valence-corrected chi connectivity index (χ1v) is 5.83. The van der Waals surface area contributed by atoms with Crippen molar-refractivity contribution in [3.8, 4) is 6.01 Å². The van der Waals surface area contributed by atoms with Crippen molar-refractivity contribution >= 4 is 17.5 Å². The van der Waals surface area contributed by atoms with Gasteiger partial charge in [-0.1, -0.05) is 6.07 Å². The van der Waals surface area contributed by atoms with Crippen LogP contribution in [0.4, 0.5) is 5.95 Å². The minimum Gasteiger partial charge on any atom is -0.464 e. The number of rotatable bonds is 5. The number of halogens is 1. The minimum atomic E-state index is 0.0992. The Labute approximate surface area is 109 Å². The van der Waals surface area contributed by atoms with E-state index < -0.39 is 0 Å². The number of anilines is 1. The van der Waals surface area contributed by atoms with E-state index in [-0.39, 0.29) is 11.3 Å². The second-order valence-electron chi connectivity index (χ2n) is 3.36. The molecular weight excluding hydrogens is 254 g/mol. The Morgan fingerprint density at radius 3 is 2.94 bits per heavy atom. The SMILES string of the molecule is CCOc1nc(Cl)nc(NCc2cccnc2)n1. The summed E-state index contributed by atoms with van der Waals surface area (Å²) >= 11 is 5.77. The molecule has 2 heterocycles. The molecule has 0 saturated carbocycles. The zero-order valence-corrected chi connectivity index (χ0v) is 10.6. The van der Waals surface area contributed by atoms with Crippen molar-refractivity contribution in [3.63, 3.8) is 0 Å². The molecule has 18 heavy (non-hydrogen) atoms. The molecule has 0 aliphatic heterocycles. The van der Waals surface area contributed by atoms with Gasteiger partial charge in [0.25, 0.3) is 0 Å². The lowest BCUT2D eigenvalue weighted by Crippen LogP contribution is -2.07. The van der Waals surface area contributed by atoms with Gasteiger partial charge in [-0.2, -0.15) is 15.0 Å². The standard InChI is InChI=1S/C11H12ClN5O/c1-2-18-11-16-9(12)15-10(17-11)14-7-8-4-3-5-13-6-8/h3-6H,2,7H2,1H3,(H,14,15,16,17). The first-order chi connectivity index (χ1) is 8.78. The fraction of sp³-hybridized carbons (Fsp3) is 0.273. The van der Waals surface area contributed by atoms with Crippen molar-refractivity contribution in [2.75, 3.05) is 11.9 Å². The number of ether oxygens (including phenoxy) is 1. The maximum atomic E-state index is 5.77. The molecule has 0 aromatic carbocycles. The van der Waals surface area contributed by atoms with E-state index in [1.165, 1.54) is 0 Å². The van der Waals surface area contributed by atoms with Crippen LogP contribution in [0.3, 0.4) is 0 Å². The summed E-state index contributed by atoms with van der Waals surface area (Å²) in [4.78, 5) is 15.9. The Kier molecular flexibility index (Phi) is 4.25. The van der Waals surface area contributed by atoms with Crippen LogP contribution in [0.2, 0.25) is 5.28 Å². The summed E-state index contributed by atoms with van der Waals surface area (Å²) in [6.07, 6.45) is 3.48. The molecule has 0 aliphatic carbocycles. The molecule has 7 heteroatoms. The summed E-state index contributed by atoms with van der Waals surface area (Å²) in [6, 6.07) is 4.03. The van der Waals surface area contributed by atoms with E-state index in [0.717, 1.165) is 5.56 Å². The third kappa shape index (κ3) is 3.53. The van der Waals surface area contributed by atoms with Gasteiger partial charge in [0.1, 0.15) is 0 Å². The molecule has 2 rings (SSSR count). The van der Waals surface area contributed by atoms with Gasteiger partial charge >= 0.3 is 6.01 Å². The monoisotopic (exact) mass is 265 g/mol. The maximum Gasteiger partial charge on any atom is 0.322 e. The number of hydrogen-bond acceptors (Lipinski definition) is 6. The highest BCUT2D eigenvalue weighted by atomic mass is 35.5. The zero-order chi connectivity index (χ0) is 12.8. The molecule has 0 fully saturated rings. The highest BCUT2D eigenvalue weighted by Crippen LogP contribution is 2.12.